The normalized spacial score (nSPS) is 11.9. The summed E-state index contributed by atoms with van der Waals surface area (Å²) >= 11 is 0. The van der Waals surface area contributed by atoms with E-state index in [-0.39, 0.29) is 0 Å². The quantitative estimate of drug-likeness (QED) is 0.158. The lowest BCUT2D eigenvalue weighted by Gasteiger charge is -2.18. The monoisotopic (exact) mass is 837 g/mol. The zero-order valence-corrected chi connectivity index (χ0v) is 35.9. The largest absolute Gasteiger partial charge is 0.455 e. The molecule has 66 heavy (non-hydrogen) atoms. The van der Waals surface area contributed by atoms with Crippen LogP contribution in [0, 0.1) is 0 Å². The molecule has 0 N–H and O–H groups in total. The highest BCUT2D eigenvalue weighted by atomic mass is 16.3. The molecule has 0 aliphatic carbocycles. The Labute approximate surface area is 380 Å². The fourth-order valence-corrected chi connectivity index (χ4v) is 11.3. The lowest BCUT2D eigenvalue weighted by Crippen LogP contribution is -1.94. The molecule has 2 nitrogen and oxygen atoms in total. The third kappa shape index (κ3) is 5.30. The Morgan fingerprint density at radius 2 is 0.712 bits per heavy atom. The van der Waals surface area contributed by atoms with Gasteiger partial charge in [-0.25, -0.2) is 0 Å². The van der Waals surface area contributed by atoms with Crippen LogP contribution in [-0.4, -0.2) is 4.57 Å². The van der Waals surface area contributed by atoms with Crippen molar-refractivity contribution in [2.45, 2.75) is 0 Å². The van der Waals surface area contributed by atoms with E-state index >= 15 is 0 Å². The lowest BCUT2D eigenvalue weighted by atomic mass is 9.84. The predicted molar refractivity (Wildman–Crippen MR) is 280 cm³/mol. The van der Waals surface area contributed by atoms with Crippen molar-refractivity contribution in [3.05, 3.63) is 237 Å². The number of aromatic nitrogens is 1. The van der Waals surface area contributed by atoms with Gasteiger partial charge in [0, 0.05) is 38.4 Å². The SMILES string of the molecule is c1ccc(-c2c3ccccc3c(-c3cccc4c3oc3cccc(-c5c6ccccc6c(-c6ccc7c8ccccc8n(-c8ccccc8)c7c6)c6ccccc56)c34)c3ccccc23)cc1. The van der Waals surface area contributed by atoms with Gasteiger partial charge in [-0.05, 0) is 107 Å². The van der Waals surface area contributed by atoms with Gasteiger partial charge in [0.1, 0.15) is 11.2 Å². The Balaban J connectivity index is 1.03. The number of fused-ring (bicyclic) bond motifs is 10. The molecule has 0 atom stereocenters. The Kier molecular flexibility index (Phi) is 8.02. The molecule has 0 amide bonds. The zero-order valence-electron chi connectivity index (χ0n) is 35.9. The minimum absolute atomic E-state index is 0.876. The summed E-state index contributed by atoms with van der Waals surface area (Å²) in [4.78, 5) is 0. The molecule has 14 aromatic rings. The van der Waals surface area contributed by atoms with Crippen LogP contribution in [0.2, 0.25) is 0 Å². The molecule has 0 radical (unpaired) electrons. The molecule has 2 heterocycles. The first-order valence-corrected chi connectivity index (χ1v) is 22.8. The maximum atomic E-state index is 7.14. The molecule has 0 aliphatic heterocycles. The highest BCUT2D eigenvalue weighted by Gasteiger charge is 2.24. The molecule has 2 aromatic heterocycles. The van der Waals surface area contributed by atoms with Crippen molar-refractivity contribution in [2.75, 3.05) is 0 Å². The number of furan rings is 1. The zero-order chi connectivity index (χ0) is 43.3. The molecule has 0 fully saturated rings. The summed E-state index contributed by atoms with van der Waals surface area (Å²) in [6, 6.07) is 86.3. The average molecular weight is 838 g/mol. The molecular formula is C64H39NO. The Morgan fingerprint density at radius 1 is 0.273 bits per heavy atom. The summed E-state index contributed by atoms with van der Waals surface area (Å²) in [6.07, 6.45) is 0. The number of rotatable bonds is 5. The van der Waals surface area contributed by atoms with Crippen LogP contribution < -0.4 is 0 Å². The number of benzene rings is 12. The lowest BCUT2D eigenvalue weighted by molar-refractivity contribution is 0.670. The predicted octanol–water partition coefficient (Wildman–Crippen LogP) is 18.0. The van der Waals surface area contributed by atoms with Crippen molar-refractivity contribution in [3.63, 3.8) is 0 Å². The first kappa shape index (κ1) is 36.7. The topological polar surface area (TPSA) is 18.1 Å². The van der Waals surface area contributed by atoms with Gasteiger partial charge < -0.3 is 8.98 Å². The van der Waals surface area contributed by atoms with Crippen LogP contribution in [0.25, 0.3) is 137 Å². The first-order chi connectivity index (χ1) is 32.8. The van der Waals surface area contributed by atoms with E-state index < -0.39 is 0 Å². The molecule has 0 saturated carbocycles. The van der Waals surface area contributed by atoms with Gasteiger partial charge in [0.25, 0.3) is 0 Å². The number of hydrogen-bond acceptors (Lipinski definition) is 1. The van der Waals surface area contributed by atoms with E-state index in [9.17, 15) is 0 Å². The van der Waals surface area contributed by atoms with Crippen LogP contribution in [0.15, 0.2) is 241 Å². The molecule has 306 valence electrons. The molecule has 0 unspecified atom stereocenters. The third-order valence-corrected chi connectivity index (χ3v) is 14.0. The van der Waals surface area contributed by atoms with Gasteiger partial charge in [-0.1, -0.05) is 206 Å². The van der Waals surface area contributed by atoms with Crippen molar-refractivity contribution in [1.82, 2.24) is 4.57 Å². The van der Waals surface area contributed by atoms with Crippen LogP contribution in [0.4, 0.5) is 0 Å². The van der Waals surface area contributed by atoms with Crippen LogP contribution in [0.3, 0.4) is 0 Å². The van der Waals surface area contributed by atoms with E-state index in [0.717, 1.165) is 38.8 Å². The number of hydrogen-bond donors (Lipinski definition) is 0. The minimum atomic E-state index is 0.876. The van der Waals surface area contributed by atoms with Crippen LogP contribution >= 0.6 is 0 Å². The summed E-state index contributed by atoms with van der Waals surface area (Å²) in [7, 11) is 0. The minimum Gasteiger partial charge on any atom is -0.455 e. The second kappa shape index (κ2) is 14.4. The average Bonchev–Trinajstić information content (AvgIpc) is 3.94. The highest BCUT2D eigenvalue weighted by molar-refractivity contribution is 6.28. The van der Waals surface area contributed by atoms with Crippen molar-refractivity contribution >= 4 is 86.8 Å². The smallest absolute Gasteiger partial charge is 0.143 e. The van der Waals surface area contributed by atoms with Gasteiger partial charge >= 0.3 is 0 Å². The summed E-state index contributed by atoms with van der Waals surface area (Å²) < 4.78 is 9.55. The van der Waals surface area contributed by atoms with Gasteiger partial charge in [-0.2, -0.15) is 0 Å². The van der Waals surface area contributed by atoms with E-state index in [2.05, 4.69) is 241 Å². The molecule has 12 aromatic carbocycles. The molecular weight excluding hydrogens is 799 g/mol. The maximum Gasteiger partial charge on any atom is 0.143 e. The first-order valence-electron chi connectivity index (χ1n) is 22.8. The fourth-order valence-electron chi connectivity index (χ4n) is 11.3. The van der Waals surface area contributed by atoms with Crippen molar-refractivity contribution in [1.29, 1.82) is 0 Å². The Bertz CT molecular complexity index is 4160. The summed E-state index contributed by atoms with van der Waals surface area (Å²) in [5.74, 6) is 0. The molecule has 0 spiro atoms. The van der Waals surface area contributed by atoms with Crippen LogP contribution in [0.1, 0.15) is 0 Å². The van der Waals surface area contributed by atoms with E-state index in [1.54, 1.807) is 0 Å². The van der Waals surface area contributed by atoms with E-state index in [4.69, 9.17) is 4.42 Å². The fraction of sp³-hybridized carbons (Fsp3) is 0. The van der Waals surface area contributed by atoms with Gasteiger partial charge in [0.05, 0.1) is 11.0 Å². The van der Waals surface area contributed by atoms with E-state index in [0.29, 0.717) is 0 Å². The second-order valence-corrected chi connectivity index (χ2v) is 17.4. The Hall–Kier alpha value is -8.72. The van der Waals surface area contributed by atoms with Crippen molar-refractivity contribution in [2.24, 2.45) is 0 Å². The maximum absolute atomic E-state index is 7.14. The third-order valence-electron chi connectivity index (χ3n) is 14.0. The number of para-hydroxylation sites is 3. The van der Waals surface area contributed by atoms with Crippen LogP contribution in [0.5, 0.6) is 0 Å². The van der Waals surface area contributed by atoms with Gasteiger partial charge in [-0.3, -0.25) is 0 Å². The highest BCUT2D eigenvalue weighted by Crippen LogP contribution is 2.50. The van der Waals surface area contributed by atoms with Gasteiger partial charge in [0.2, 0.25) is 0 Å². The summed E-state index contributed by atoms with van der Waals surface area (Å²) in [6.45, 7) is 0. The van der Waals surface area contributed by atoms with Crippen molar-refractivity contribution < 1.29 is 4.42 Å². The molecule has 14 rings (SSSR count). The summed E-state index contributed by atoms with van der Waals surface area (Å²) in [5, 5.41) is 14.4. The molecule has 0 saturated heterocycles. The van der Waals surface area contributed by atoms with Gasteiger partial charge in [0.15, 0.2) is 0 Å². The second-order valence-electron chi connectivity index (χ2n) is 17.4. The van der Waals surface area contributed by atoms with Gasteiger partial charge in [-0.15, -0.1) is 0 Å². The number of nitrogens with zero attached hydrogens (tertiary/aromatic N) is 1. The Morgan fingerprint density at radius 3 is 1.32 bits per heavy atom. The molecule has 0 bridgehead atoms. The standard InChI is InChI=1S/C64H39NO/c1-3-19-40(20-4-1)59-45-24-7-13-30-51(45)62(52-31-14-8-25-46(52)59)54-33-17-34-55-63-53(32-18-36-58(63)66-64(54)55)61-49-28-11-9-26-47(49)60(48-27-10-12-29-50(48)61)41-37-38-44-43-23-15-16-35-56(43)65(57(44)39-41)42-21-5-2-6-22-42/h1-39H. The van der Waals surface area contributed by atoms with Crippen LogP contribution in [-0.2, 0) is 0 Å². The molecule has 0 aliphatic rings. The van der Waals surface area contributed by atoms with E-state index in [1.165, 1.54) is 98.3 Å². The summed E-state index contributed by atoms with van der Waals surface area (Å²) in [5.41, 5.74) is 14.9. The molecule has 2 heteroatoms. The van der Waals surface area contributed by atoms with E-state index in [1.807, 2.05) is 0 Å². The van der Waals surface area contributed by atoms with Crippen molar-refractivity contribution in [3.8, 4) is 50.2 Å².